The smallest absolute Gasteiger partial charge is 0.248 e. The molecule has 18 heavy (non-hydrogen) atoms. The van der Waals surface area contributed by atoms with Gasteiger partial charge < -0.3 is 14.4 Å². The van der Waals surface area contributed by atoms with Crippen LogP contribution in [-0.4, -0.2) is 44.7 Å². The highest BCUT2D eigenvalue weighted by Gasteiger charge is 2.17. The maximum Gasteiger partial charge on any atom is 0.248 e. The van der Waals surface area contributed by atoms with E-state index in [1.807, 2.05) is 31.2 Å². The molecule has 1 aromatic carbocycles. The van der Waals surface area contributed by atoms with Crippen LogP contribution in [-0.2, 0) is 16.0 Å². The average Bonchev–Trinajstić information content (AvgIpc) is 2.38. The van der Waals surface area contributed by atoms with Crippen molar-refractivity contribution >= 4 is 5.91 Å². The van der Waals surface area contributed by atoms with Gasteiger partial charge in [-0.25, -0.2) is 0 Å². The number of ether oxygens (including phenoxy) is 2. The molecule has 0 radical (unpaired) electrons. The summed E-state index contributed by atoms with van der Waals surface area (Å²) in [5.74, 6) is 0.844. The lowest BCUT2D eigenvalue weighted by molar-refractivity contribution is -0.135. The second-order valence-electron chi connectivity index (χ2n) is 4.30. The lowest BCUT2D eigenvalue weighted by atomic mass is 10.1. The Kier molecular flexibility index (Phi) is 5.65. The first-order valence-corrected chi connectivity index (χ1v) is 5.96. The van der Waals surface area contributed by atoms with Gasteiger partial charge in [0, 0.05) is 20.2 Å². The molecule has 0 heterocycles. The summed E-state index contributed by atoms with van der Waals surface area (Å²) in [7, 11) is 4.97. The van der Waals surface area contributed by atoms with Crippen molar-refractivity contribution in [1.29, 1.82) is 0 Å². The zero-order valence-electron chi connectivity index (χ0n) is 11.5. The molecule has 100 valence electrons. The maximum atomic E-state index is 11.7. The van der Waals surface area contributed by atoms with Crippen LogP contribution in [0, 0.1) is 0 Å². The number of likely N-dealkylation sites (N-methyl/N-ethyl adjacent to an activating group) is 1. The molecule has 0 aliphatic rings. The Morgan fingerprint density at radius 2 is 2.00 bits per heavy atom. The van der Waals surface area contributed by atoms with Crippen LogP contribution in [0.25, 0.3) is 0 Å². The number of nitrogens with zero attached hydrogens (tertiary/aromatic N) is 1. The first-order chi connectivity index (χ1) is 8.60. The van der Waals surface area contributed by atoms with Crippen molar-refractivity contribution in [3.05, 3.63) is 29.8 Å². The molecule has 1 atom stereocenters. The second kappa shape index (κ2) is 7.01. The van der Waals surface area contributed by atoms with Crippen molar-refractivity contribution in [2.75, 3.05) is 27.9 Å². The number of methoxy groups -OCH3 is 2. The first-order valence-electron chi connectivity index (χ1n) is 5.96. The summed E-state index contributed by atoms with van der Waals surface area (Å²) in [6.45, 7) is 2.13. The molecule has 0 saturated carbocycles. The van der Waals surface area contributed by atoms with Gasteiger partial charge in [0.1, 0.15) is 12.4 Å². The number of amides is 1. The lowest BCUT2D eigenvalue weighted by Crippen LogP contribution is -2.38. The van der Waals surface area contributed by atoms with Gasteiger partial charge in [-0.3, -0.25) is 4.79 Å². The number of benzene rings is 1. The largest absolute Gasteiger partial charge is 0.496 e. The van der Waals surface area contributed by atoms with Crippen LogP contribution in [0.15, 0.2) is 24.3 Å². The molecule has 1 aromatic rings. The molecule has 1 unspecified atom stereocenters. The third-order valence-corrected chi connectivity index (χ3v) is 3.03. The van der Waals surface area contributed by atoms with Gasteiger partial charge >= 0.3 is 0 Å². The van der Waals surface area contributed by atoms with Crippen LogP contribution < -0.4 is 4.74 Å². The van der Waals surface area contributed by atoms with E-state index in [2.05, 4.69) is 0 Å². The Balaban J connectivity index is 2.69. The van der Waals surface area contributed by atoms with Crippen LogP contribution in [0.2, 0.25) is 0 Å². The fourth-order valence-corrected chi connectivity index (χ4v) is 1.80. The van der Waals surface area contributed by atoms with Crippen molar-refractivity contribution in [1.82, 2.24) is 4.90 Å². The molecule has 0 saturated heterocycles. The molecule has 0 N–H and O–H groups in total. The van der Waals surface area contributed by atoms with Crippen LogP contribution in [0.5, 0.6) is 5.75 Å². The van der Waals surface area contributed by atoms with Gasteiger partial charge in [0.05, 0.1) is 7.11 Å². The summed E-state index contributed by atoms with van der Waals surface area (Å²) in [5, 5.41) is 0. The predicted octanol–water partition coefficient (Wildman–Crippen LogP) is 1.73. The lowest BCUT2D eigenvalue weighted by Gasteiger charge is -2.25. The number of carbonyl (C=O) groups excluding carboxylic acids is 1. The number of hydrogen-bond acceptors (Lipinski definition) is 3. The standard InChI is InChI=1S/C14H21NO3/c1-11(15(2)14(16)10-17-3)9-12-7-5-6-8-13(12)18-4/h5-8,11H,9-10H2,1-4H3. The molecule has 0 aromatic heterocycles. The quantitative estimate of drug-likeness (QED) is 0.773. The van der Waals surface area contributed by atoms with Crippen molar-refractivity contribution < 1.29 is 14.3 Å². The molecule has 1 rings (SSSR count). The van der Waals surface area contributed by atoms with E-state index in [4.69, 9.17) is 9.47 Å². The van der Waals surface area contributed by atoms with Crippen molar-refractivity contribution in [3.63, 3.8) is 0 Å². The normalized spacial score (nSPS) is 12.0. The first kappa shape index (κ1) is 14.5. The van der Waals surface area contributed by atoms with Gasteiger partial charge in [-0.15, -0.1) is 0 Å². The summed E-state index contributed by atoms with van der Waals surface area (Å²) < 4.78 is 10.2. The van der Waals surface area contributed by atoms with Crippen LogP contribution >= 0.6 is 0 Å². The Morgan fingerprint density at radius 1 is 1.33 bits per heavy atom. The number of rotatable bonds is 6. The zero-order chi connectivity index (χ0) is 13.5. The highest BCUT2D eigenvalue weighted by atomic mass is 16.5. The summed E-state index contributed by atoms with van der Waals surface area (Å²) >= 11 is 0. The minimum Gasteiger partial charge on any atom is -0.496 e. The Morgan fingerprint density at radius 3 is 2.61 bits per heavy atom. The van der Waals surface area contributed by atoms with Gasteiger partial charge in [-0.1, -0.05) is 18.2 Å². The van der Waals surface area contributed by atoms with Crippen molar-refractivity contribution in [2.24, 2.45) is 0 Å². The second-order valence-corrected chi connectivity index (χ2v) is 4.30. The van der Waals surface area contributed by atoms with Crippen molar-refractivity contribution in [2.45, 2.75) is 19.4 Å². The summed E-state index contributed by atoms with van der Waals surface area (Å²) in [5.41, 5.74) is 1.10. The monoisotopic (exact) mass is 251 g/mol. The highest BCUT2D eigenvalue weighted by molar-refractivity contribution is 5.77. The van der Waals surface area contributed by atoms with E-state index >= 15 is 0 Å². The molecule has 4 nitrogen and oxygen atoms in total. The maximum absolute atomic E-state index is 11.7. The molecule has 0 aliphatic carbocycles. The van der Waals surface area contributed by atoms with Gasteiger partial charge in [-0.05, 0) is 25.0 Å². The Hall–Kier alpha value is -1.55. The van der Waals surface area contributed by atoms with Gasteiger partial charge in [0.2, 0.25) is 5.91 Å². The zero-order valence-corrected chi connectivity index (χ0v) is 11.5. The fraction of sp³-hybridized carbons (Fsp3) is 0.500. The van der Waals surface area contributed by atoms with E-state index in [0.717, 1.165) is 17.7 Å². The summed E-state index contributed by atoms with van der Waals surface area (Å²) in [6.07, 6.45) is 0.760. The molecular formula is C14H21NO3. The molecule has 0 aliphatic heterocycles. The number of carbonyl (C=O) groups is 1. The topological polar surface area (TPSA) is 38.8 Å². The van der Waals surface area contributed by atoms with E-state index < -0.39 is 0 Å². The van der Waals surface area contributed by atoms with E-state index in [0.29, 0.717) is 0 Å². The van der Waals surface area contributed by atoms with Gasteiger partial charge in [0.15, 0.2) is 0 Å². The van der Waals surface area contributed by atoms with E-state index in [1.54, 1.807) is 19.1 Å². The third-order valence-electron chi connectivity index (χ3n) is 3.03. The number of para-hydroxylation sites is 1. The minimum atomic E-state index is -0.0140. The Labute approximate surface area is 108 Å². The van der Waals surface area contributed by atoms with E-state index in [9.17, 15) is 4.79 Å². The SMILES string of the molecule is COCC(=O)N(C)C(C)Cc1ccccc1OC. The van der Waals surface area contributed by atoms with Gasteiger partial charge in [0.25, 0.3) is 0 Å². The molecule has 1 amide bonds. The predicted molar refractivity (Wildman–Crippen MR) is 70.8 cm³/mol. The highest BCUT2D eigenvalue weighted by Crippen LogP contribution is 2.20. The van der Waals surface area contributed by atoms with Gasteiger partial charge in [-0.2, -0.15) is 0 Å². The fourth-order valence-electron chi connectivity index (χ4n) is 1.80. The molecule has 0 bridgehead atoms. The summed E-state index contributed by atoms with van der Waals surface area (Å²) in [6, 6.07) is 7.96. The molecular weight excluding hydrogens is 230 g/mol. The van der Waals surface area contributed by atoms with E-state index in [-0.39, 0.29) is 18.6 Å². The molecule has 0 fully saturated rings. The number of hydrogen-bond donors (Lipinski definition) is 0. The summed E-state index contributed by atoms with van der Waals surface area (Å²) in [4.78, 5) is 13.4. The average molecular weight is 251 g/mol. The van der Waals surface area contributed by atoms with Crippen LogP contribution in [0.3, 0.4) is 0 Å². The minimum absolute atomic E-state index is 0.0140. The molecule has 4 heteroatoms. The van der Waals surface area contributed by atoms with Crippen molar-refractivity contribution in [3.8, 4) is 5.75 Å². The van der Waals surface area contributed by atoms with Crippen LogP contribution in [0.4, 0.5) is 0 Å². The molecule has 0 spiro atoms. The third kappa shape index (κ3) is 3.74. The van der Waals surface area contributed by atoms with Crippen LogP contribution in [0.1, 0.15) is 12.5 Å². The Bertz CT molecular complexity index is 392. The van der Waals surface area contributed by atoms with E-state index in [1.165, 1.54) is 7.11 Å².